The number of carbonyl (C=O) groups excluding carboxylic acids is 1. The van der Waals surface area contributed by atoms with Gasteiger partial charge in [0.05, 0.1) is 12.3 Å². The predicted molar refractivity (Wildman–Crippen MR) is 109 cm³/mol. The van der Waals surface area contributed by atoms with Crippen LogP contribution in [0.2, 0.25) is 5.02 Å². The summed E-state index contributed by atoms with van der Waals surface area (Å²) >= 11 is 5.89. The molecule has 2 heterocycles. The summed E-state index contributed by atoms with van der Waals surface area (Å²) in [6.45, 7) is 1.31. The number of halogens is 2. The highest BCUT2D eigenvalue weighted by molar-refractivity contribution is 6.30. The van der Waals surface area contributed by atoms with Gasteiger partial charge >= 0.3 is 6.03 Å². The van der Waals surface area contributed by atoms with Crippen molar-refractivity contribution in [1.29, 1.82) is 0 Å². The zero-order valence-electron chi connectivity index (χ0n) is 16.1. The third-order valence-corrected chi connectivity index (χ3v) is 5.35. The third kappa shape index (κ3) is 4.45. The molecule has 1 aliphatic carbocycles. The molecule has 0 radical (unpaired) electrons. The van der Waals surface area contributed by atoms with Crippen molar-refractivity contribution in [3.63, 3.8) is 0 Å². The normalized spacial score (nSPS) is 18.2. The number of rotatable bonds is 4. The van der Waals surface area contributed by atoms with Crippen molar-refractivity contribution < 1.29 is 13.9 Å². The van der Waals surface area contributed by atoms with Gasteiger partial charge in [0.25, 0.3) is 0 Å². The molecule has 0 saturated heterocycles. The molecule has 0 saturated carbocycles. The number of anilines is 1. The minimum absolute atomic E-state index is 0.172. The highest BCUT2D eigenvalue weighted by Gasteiger charge is 2.27. The van der Waals surface area contributed by atoms with E-state index in [0.29, 0.717) is 36.0 Å². The second-order valence-corrected chi connectivity index (χ2v) is 7.57. The molecule has 1 unspecified atom stereocenters. The summed E-state index contributed by atoms with van der Waals surface area (Å²) in [5.74, 6) is 0.604. The zero-order chi connectivity index (χ0) is 20.4. The summed E-state index contributed by atoms with van der Waals surface area (Å²) in [4.78, 5) is 14.4. The Morgan fingerprint density at radius 2 is 2.17 bits per heavy atom. The Labute approximate surface area is 173 Å². The van der Waals surface area contributed by atoms with Crippen molar-refractivity contribution >= 4 is 23.3 Å². The van der Waals surface area contributed by atoms with Crippen LogP contribution in [0.15, 0.2) is 48.3 Å². The predicted octanol–water partition coefficient (Wildman–Crippen LogP) is 4.36. The quantitative estimate of drug-likeness (QED) is 0.805. The maximum absolute atomic E-state index is 13.5. The van der Waals surface area contributed by atoms with Gasteiger partial charge in [0.15, 0.2) is 0 Å². The number of aromatic nitrogens is 2. The molecule has 8 heteroatoms. The molecule has 29 heavy (non-hydrogen) atoms. The lowest BCUT2D eigenvalue weighted by molar-refractivity contribution is 0.169. The number of nitrogens with zero attached hydrogens (tertiary/aromatic N) is 3. The van der Waals surface area contributed by atoms with Crippen LogP contribution in [0.4, 0.5) is 14.9 Å². The molecule has 1 aromatic heterocycles. The van der Waals surface area contributed by atoms with E-state index in [9.17, 15) is 9.18 Å². The third-order valence-electron chi connectivity index (χ3n) is 5.10. The number of nitrogens with one attached hydrogen (secondary N) is 1. The lowest BCUT2D eigenvalue weighted by atomic mass is 10.1. The molecule has 152 valence electrons. The van der Waals surface area contributed by atoms with Crippen molar-refractivity contribution in [2.45, 2.75) is 32.2 Å². The minimum atomic E-state index is -1.01. The molecule has 2 aromatic rings. The summed E-state index contributed by atoms with van der Waals surface area (Å²) in [6.07, 6.45) is 4.88. The van der Waals surface area contributed by atoms with Gasteiger partial charge < -0.3 is 15.0 Å². The summed E-state index contributed by atoms with van der Waals surface area (Å²) in [7, 11) is 1.89. The average molecular weight is 417 g/mol. The lowest BCUT2D eigenvalue weighted by Gasteiger charge is -2.28. The van der Waals surface area contributed by atoms with Gasteiger partial charge in [-0.1, -0.05) is 23.8 Å². The van der Waals surface area contributed by atoms with E-state index in [2.05, 4.69) is 10.4 Å². The van der Waals surface area contributed by atoms with Crippen molar-refractivity contribution in [2.75, 3.05) is 11.9 Å². The highest BCUT2D eigenvalue weighted by Crippen LogP contribution is 2.25. The fourth-order valence-electron chi connectivity index (χ4n) is 3.57. The van der Waals surface area contributed by atoms with Crippen LogP contribution in [-0.2, 0) is 31.4 Å². The minimum Gasteiger partial charge on any atom is -0.491 e. The summed E-state index contributed by atoms with van der Waals surface area (Å²) in [5.41, 5.74) is 3.56. The first-order valence-electron chi connectivity index (χ1n) is 9.49. The van der Waals surface area contributed by atoms with Gasteiger partial charge in [-0.3, -0.25) is 4.68 Å². The Kier molecular flexibility index (Phi) is 5.58. The summed E-state index contributed by atoms with van der Waals surface area (Å²) in [6, 6.07) is 6.83. The number of hydrogen-bond donors (Lipinski definition) is 1. The van der Waals surface area contributed by atoms with E-state index in [1.54, 1.807) is 41.3 Å². The first kappa shape index (κ1) is 19.5. The SMILES string of the molecule is Cn1nc(COC2=CC=CC(F)C2)c2c1CCN(C(=O)Nc1ccc(Cl)cc1)C2. The molecule has 1 aromatic carbocycles. The average Bonchev–Trinajstić information content (AvgIpc) is 3.03. The van der Waals surface area contributed by atoms with Crippen LogP contribution in [0.3, 0.4) is 0 Å². The van der Waals surface area contributed by atoms with Gasteiger partial charge in [0, 0.05) is 48.4 Å². The topological polar surface area (TPSA) is 59.4 Å². The molecular formula is C21H22ClFN4O2. The van der Waals surface area contributed by atoms with Crippen LogP contribution < -0.4 is 5.32 Å². The fraction of sp³-hybridized carbons (Fsp3) is 0.333. The Bertz CT molecular complexity index is 968. The number of carbonyl (C=O) groups is 1. The van der Waals surface area contributed by atoms with Crippen molar-refractivity contribution in [1.82, 2.24) is 14.7 Å². The number of ether oxygens (including phenoxy) is 1. The Morgan fingerprint density at radius 3 is 2.93 bits per heavy atom. The zero-order valence-corrected chi connectivity index (χ0v) is 16.8. The van der Waals surface area contributed by atoms with Crippen molar-refractivity contribution in [3.05, 3.63) is 70.2 Å². The highest BCUT2D eigenvalue weighted by atomic mass is 35.5. The summed E-state index contributed by atoms with van der Waals surface area (Å²) < 4.78 is 21.1. The van der Waals surface area contributed by atoms with E-state index in [1.807, 2.05) is 11.7 Å². The number of aryl methyl sites for hydroxylation is 1. The van der Waals surface area contributed by atoms with E-state index < -0.39 is 6.17 Å². The first-order chi connectivity index (χ1) is 14.0. The molecule has 2 amide bonds. The number of urea groups is 1. The molecule has 0 bridgehead atoms. The molecule has 1 N–H and O–H groups in total. The Balaban J connectivity index is 1.44. The van der Waals surface area contributed by atoms with Crippen LogP contribution in [0.25, 0.3) is 0 Å². The van der Waals surface area contributed by atoms with E-state index in [1.165, 1.54) is 6.08 Å². The Morgan fingerprint density at radius 1 is 1.38 bits per heavy atom. The van der Waals surface area contributed by atoms with Crippen LogP contribution in [0.1, 0.15) is 23.4 Å². The maximum Gasteiger partial charge on any atom is 0.322 e. The van der Waals surface area contributed by atoms with E-state index in [4.69, 9.17) is 16.3 Å². The molecule has 1 aliphatic heterocycles. The Hall–Kier alpha value is -2.80. The van der Waals surface area contributed by atoms with Crippen molar-refractivity contribution in [3.8, 4) is 0 Å². The smallest absolute Gasteiger partial charge is 0.322 e. The molecule has 0 spiro atoms. The number of amides is 2. The number of benzene rings is 1. The van der Waals surface area contributed by atoms with Gasteiger partial charge in [-0.05, 0) is 30.3 Å². The molecular weight excluding hydrogens is 395 g/mol. The number of hydrogen-bond acceptors (Lipinski definition) is 3. The second kappa shape index (κ2) is 8.29. The second-order valence-electron chi connectivity index (χ2n) is 7.13. The van der Waals surface area contributed by atoms with Gasteiger partial charge in [-0.15, -0.1) is 0 Å². The van der Waals surface area contributed by atoms with E-state index >= 15 is 0 Å². The molecule has 2 aliphatic rings. The van der Waals surface area contributed by atoms with Gasteiger partial charge in [0.1, 0.15) is 18.5 Å². The van der Waals surface area contributed by atoms with Crippen molar-refractivity contribution in [2.24, 2.45) is 7.05 Å². The molecule has 1 atom stereocenters. The summed E-state index contributed by atoms with van der Waals surface area (Å²) in [5, 5.41) is 8.08. The van der Waals surface area contributed by atoms with Crippen LogP contribution in [0.5, 0.6) is 0 Å². The van der Waals surface area contributed by atoms with Crippen LogP contribution in [-0.4, -0.2) is 33.4 Å². The number of fused-ring (bicyclic) bond motifs is 1. The van der Waals surface area contributed by atoms with Crippen LogP contribution in [0, 0.1) is 0 Å². The van der Waals surface area contributed by atoms with E-state index in [-0.39, 0.29) is 19.1 Å². The standard InChI is InChI=1S/C21H22ClFN4O2/c1-26-20-9-10-27(21(28)24-16-7-5-14(22)6-8-16)12-18(20)19(25-26)13-29-17-4-2-3-15(23)11-17/h2-8,15H,9-13H2,1H3,(H,24,28). The van der Waals surface area contributed by atoms with Gasteiger partial charge in [-0.2, -0.15) is 5.10 Å². The number of allylic oxidation sites excluding steroid dienone is 4. The van der Waals surface area contributed by atoms with E-state index in [0.717, 1.165) is 17.0 Å². The fourth-order valence-corrected chi connectivity index (χ4v) is 3.70. The molecule has 0 fully saturated rings. The van der Waals surface area contributed by atoms with Gasteiger partial charge in [-0.25, -0.2) is 9.18 Å². The molecule has 6 nitrogen and oxygen atoms in total. The lowest BCUT2D eigenvalue weighted by Crippen LogP contribution is -2.39. The first-order valence-corrected chi connectivity index (χ1v) is 9.87. The van der Waals surface area contributed by atoms with Gasteiger partial charge in [0.2, 0.25) is 0 Å². The monoisotopic (exact) mass is 416 g/mol. The van der Waals surface area contributed by atoms with Crippen LogP contribution >= 0.6 is 11.6 Å². The largest absolute Gasteiger partial charge is 0.491 e. The molecule has 4 rings (SSSR count). The number of alkyl halides is 1. The maximum atomic E-state index is 13.5.